The summed E-state index contributed by atoms with van der Waals surface area (Å²) in [6.45, 7) is 2.65. The van der Waals surface area contributed by atoms with E-state index in [2.05, 4.69) is 11.4 Å². The van der Waals surface area contributed by atoms with Crippen molar-refractivity contribution in [2.45, 2.75) is 38.0 Å². The molecule has 21 heavy (non-hydrogen) atoms. The lowest BCUT2D eigenvalue weighted by molar-refractivity contribution is -0.121. The summed E-state index contributed by atoms with van der Waals surface area (Å²) in [7, 11) is 0. The van der Waals surface area contributed by atoms with Crippen molar-refractivity contribution in [3.8, 4) is 0 Å². The normalized spacial score (nSPS) is 15.9. The number of hydrogen-bond acceptors (Lipinski definition) is 1. The van der Waals surface area contributed by atoms with Crippen molar-refractivity contribution in [3.05, 3.63) is 47.8 Å². The Morgan fingerprint density at radius 1 is 1.29 bits per heavy atom. The van der Waals surface area contributed by atoms with E-state index in [0.717, 1.165) is 35.6 Å². The zero-order valence-corrected chi connectivity index (χ0v) is 12.3. The molecule has 0 bridgehead atoms. The van der Waals surface area contributed by atoms with E-state index in [1.165, 1.54) is 6.07 Å². The largest absolute Gasteiger partial charge is 0.355 e. The number of fused-ring (bicyclic) bond motifs is 1. The highest BCUT2D eigenvalue weighted by Gasteiger charge is 2.45. The van der Waals surface area contributed by atoms with Crippen molar-refractivity contribution in [1.82, 2.24) is 5.32 Å². The van der Waals surface area contributed by atoms with Gasteiger partial charge in [0.1, 0.15) is 5.82 Å². The standard InChI is InChI=1S/C18H20FNO/c1-2-4-17(21)20-12-18(9-10-18)16-6-3-5-13-7-8-14(19)11-15(13)16/h3,5-8,11H,2,4,9-10,12H2,1H3,(H,20,21). The molecule has 110 valence electrons. The number of nitrogens with one attached hydrogen (secondary N) is 1. The predicted molar refractivity (Wildman–Crippen MR) is 82.7 cm³/mol. The Hall–Kier alpha value is -1.90. The van der Waals surface area contributed by atoms with E-state index < -0.39 is 0 Å². The number of benzene rings is 2. The van der Waals surface area contributed by atoms with E-state index in [-0.39, 0.29) is 17.1 Å². The fourth-order valence-corrected chi connectivity index (χ4v) is 2.98. The van der Waals surface area contributed by atoms with Crippen molar-refractivity contribution < 1.29 is 9.18 Å². The van der Waals surface area contributed by atoms with Crippen LogP contribution >= 0.6 is 0 Å². The van der Waals surface area contributed by atoms with E-state index in [0.29, 0.717) is 13.0 Å². The Bertz CT molecular complexity index is 676. The van der Waals surface area contributed by atoms with E-state index in [9.17, 15) is 9.18 Å². The molecule has 0 atom stereocenters. The summed E-state index contributed by atoms with van der Waals surface area (Å²) >= 11 is 0. The third-order valence-corrected chi connectivity index (χ3v) is 4.37. The first-order valence-electron chi connectivity index (χ1n) is 7.60. The fourth-order valence-electron chi connectivity index (χ4n) is 2.98. The second-order valence-corrected chi connectivity index (χ2v) is 5.98. The summed E-state index contributed by atoms with van der Waals surface area (Å²) in [5, 5.41) is 5.06. The van der Waals surface area contributed by atoms with Crippen LogP contribution in [0.3, 0.4) is 0 Å². The van der Waals surface area contributed by atoms with Gasteiger partial charge in [0, 0.05) is 18.4 Å². The molecule has 3 heteroatoms. The molecular weight excluding hydrogens is 265 g/mol. The molecular formula is C18H20FNO. The molecule has 1 saturated carbocycles. The molecule has 1 aliphatic rings. The minimum absolute atomic E-state index is 0.00327. The van der Waals surface area contributed by atoms with Crippen LogP contribution in [0.1, 0.15) is 38.2 Å². The molecule has 1 amide bonds. The predicted octanol–water partition coefficient (Wildman–Crippen LogP) is 3.93. The van der Waals surface area contributed by atoms with Crippen LogP contribution in [-0.2, 0) is 10.2 Å². The topological polar surface area (TPSA) is 29.1 Å². The summed E-state index contributed by atoms with van der Waals surface area (Å²) in [6, 6.07) is 11.0. The van der Waals surface area contributed by atoms with Crippen LogP contribution < -0.4 is 5.32 Å². The third-order valence-electron chi connectivity index (χ3n) is 4.37. The lowest BCUT2D eigenvalue weighted by Gasteiger charge is -2.19. The van der Waals surface area contributed by atoms with Crippen LogP contribution in [0.25, 0.3) is 10.8 Å². The van der Waals surface area contributed by atoms with E-state index in [4.69, 9.17) is 0 Å². The molecule has 0 aliphatic heterocycles. The van der Waals surface area contributed by atoms with Gasteiger partial charge in [-0.05, 0) is 47.7 Å². The number of rotatable bonds is 5. The zero-order chi connectivity index (χ0) is 14.9. The fraction of sp³-hybridized carbons (Fsp3) is 0.389. The van der Waals surface area contributed by atoms with Gasteiger partial charge < -0.3 is 5.32 Å². The molecule has 0 unspecified atom stereocenters. The van der Waals surface area contributed by atoms with Gasteiger partial charge in [-0.2, -0.15) is 0 Å². The number of carbonyl (C=O) groups excluding carboxylic acids is 1. The van der Waals surface area contributed by atoms with Gasteiger partial charge >= 0.3 is 0 Å². The Labute approximate surface area is 124 Å². The van der Waals surface area contributed by atoms with Gasteiger partial charge in [0.15, 0.2) is 0 Å². The Morgan fingerprint density at radius 3 is 2.81 bits per heavy atom. The third kappa shape index (κ3) is 2.78. The summed E-state index contributed by atoms with van der Waals surface area (Å²) in [5.41, 5.74) is 1.16. The van der Waals surface area contributed by atoms with Gasteiger partial charge in [-0.25, -0.2) is 4.39 Å². The van der Waals surface area contributed by atoms with Crippen molar-refractivity contribution in [2.75, 3.05) is 6.54 Å². The molecule has 2 nitrogen and oxygen atoms in total. The minimum Gasteiger partial charge on any atom is -0.355 e. The quantitative estimate of drug-likeness (QED) is 0.886. The lowest BCUT2D eigenvalue weighted by Crippen LogP contribution is -2.32. The van der Waals surface area contributed by atoms with Crippen molar-refractivity contribution in [2.24, 2.45) is 0 Å². The molecule has 1 aliphatic carbocycles. The molecule has 0 aromatic heterocycles. The average Bonchev–Trinajstić information content (AvgIpc) is 3.26. The van der Waals surface area contributed by atoms with E-state index in [1.54, 1.807) is 6.07 Å². The highest BCUT2D eigenvalue weighted by Crippen LogP contribution is 2.49. The molecule has 0 heterocycles. The maximum absolute atomic E-state index is 13.6. The average molecular weight is 285 g/mol. The molecule has 0 spiro atoms. The Balaban J connectivity index is 1.89. The molecule has 1 N–H and O–H groups in total. The highest BCUT2D eigenvalue weighted by molar-refractivity contribution is 5.87. The summed E-state index contributed by atoms with van der Waals surface area (Å²) in [6.07, 6.45) is 3.53. The van der Waals surface area contributed by atoms with Gasteiger partial charge in [-0.1, -0.05) is 31.2 Å². The number of amides is 1. The zero-order valence-electron chi connectivity index (χ0n) is 12.3. The smallest absolute Gasteiger partial charge is 0.220 e. The Kier molecular flexibility index (Phi) is 3.66. The second-order valence-electron chi connectivity index (χ2n) is 5.98. The summed E-state index contributed by atoms with van der Waals surface area (Å²) in [5.74, 6) is -0.101. The molecule has 1 fully saturated rings. The van der Waals surface area contributed by atoms with Crippen LogP contribution in [0, 0.1) is 5.82 Å². The maximum atomic E-state index is 13.6. The van der Waals surface area contributed by atoms with Crippen LogP contribution in [0.5, 0.6) is 0 Å². The molecule has 0 saturated heterocycles. The minimum atomic E-state index is -0.208. The van der Waals surface area contributed by atoms with Gasteiger partial charge in [0.25, 0.3) is 0 Å². The van der Waals surface area contributed by atoms with Crippen LogP contribution in [0.4, 0.5) is 4.39 Å². The van der Waals surface area contributed by atoms with Gasteiger partial charge in [-0.3, -0.25) is 4.79 Å². The summed E-state index contributed by atoms with van der Waals surface area (Å²) in [4.78, 5) is 11.7. The summed E-state index contributed by atoms with van der Waals surface area (Å²) < 4.78 is 13.6. The molecule has 2 aromatic carbocycles. The molecule has 2 aromatic rings. The molecule has 0 radical (unpaired) electrons. The van der Waals surface area contributed by atoms with Gasteiger partial charge in [-0.15, -0.1) is 0 Å². The first kappa shape index (κ1) is 14.1. The van der Waals surface area contributed by atoms with Crippen LogP contribution in [0.2, 0.25) is 0 Å². The van der Waals surface area contributed by atoms with Gasteiger partial charge in [0.2, 0.25) is 5.91 Å². The first-order chi connectivity index (χ1) is 10.1. The lowest BCUT2D eigenvalue weighted by atomic mass is 9.90. The van der Waals surface area contributed by atoms with Crippen LogP contribution in [-0.4, -0.2) is 12.5 Å². The highest BCUT2D eigenvalue weighted by atomic mass is 19.1. The van der Waals surface area contributed by atoms with E-state index >= 15 is 0 Å². The maximum Gasteiger partial charge on any atom is 0.220 e. The second kappa shape index (κ2) is 5.47. The first-order valence-corrected chi connectivity index (χ1v) is 7.60. The van der Waals surface area contributed by atoms with Crippen molar-refractivity contribution in [1.29, 1.82) is 0 Å². The number of carbonyl (C=O) groups is 1. The SMILES string of the molecule is CCCC(=O)NCC1(c2cccc3ccc(F)cc23)CC1. The number of halogens is 1. The van der Waals surface area contributed by atoms with E-state index in [1.807, 2.05) is 25.1 Å². The van der Waals surface area contributed by atoms with Crippen LogP contribution in [0.15, 0.2) is 36.4 Å². The number of hydrogen-bond donors (Lipinski definition) is 1. The Morgan fingerprint density at radius 2 is 2.10 bits per heavy atom. The van der Waals surface area contributed by atoms with Crippen molar-refractivity contribution in [3.63, 3.8) is 0 Å². The monoisotopic (exact) mass is 285 g/mol. The van der Waals surface area contributed by atoms with Crippen molar-refractivity contribution >= 4 is 16.7 Å². The van der Waals surface area contributed by atoms with Gasteiger partial charge in [0.05, 0.1) is 0 Å². The molecule has 3 rings (SSSR count).